The highest BCUT2D eigenvalue weighted by atomic mass is 16.2. The highest BCUT2D eigenvalue weighted by Crippen LogP contribution is 2.34. The number of benzene rings is 3. The molecule has 1 aliphatic rings. The Morgan fingerprint density at radius 2 is 1.47 bits per heavy atom. The number of urea groups is 1. The van der Waals surface area contributed by atoms with Gasteiger partial charge >= 0.3 is 6.03 Å². The monoisotopic (exact) mass is 507 g/mol. The number of rotatable bonds is 8. The van der Waals surface area contributed by atoms with E-state index in [9.17, 15) is 4.79 Å². The first-order valence-electron chi connectivity index (χ1n) is 13.5. The molecule has 0 unspecified atom stereocenters. The molecule has 4 aromatic rings. The van der Waals surface area contributed by atoms with Crippen LogP contribution in [0.3, 0.4) is 0 Å². The van der Waals surface area contributed by atoms with E-state index in [0.29, 0.717) is 18.5 Å². The minimum absolute atomic E-state index is 0.197. The van der Waals surface area contributed by atoms with Crippen molar-refractivity contribution in [2.45, 2.75) is 37.8 Å². The molecular formula is C32H37N5O. The maximum Gasteiger partial charge on any atom is 0.315 e. The zero-order chi connectivity index (χ0) is 26.5. The predicted octanol–water partition coefficient (Wildman–Crippen LogP) is 6.44. The average molecular weight is 508 g/mol. The van der Waals surface area contributed by atoms with E-state index in [1.54, 1.807) is 0 Å². The molecule has 5 rings (SSSR count). The first-order valence-corrected chi connectivity index (χ1v) is 13.5. The van der Waals surface area contributed by atoms with Crippen molar-refractivity contribution in [3.63, 3.8) is 0 Å². The first-order chi connectivity index (χ1) is 18.5. The molecule has 6 heteroatoms. The summed E-state index contributed by atoms with van der Waals surface area (Å²) in [6.07, 6.45) is 4.13. The van der Waals surface area contributed by atoms with Gasteiger partial charge in [0.2, 0.25) is 0 Å². The maximum atomic E-state index is 12.8. The fraction of sp³-hybridized carbons (Fsp3) is 0.312. The van der Waals surface area contributed by atoms with Crippen LogP contribution >= 0.6 is 0 Å². The van der Waals surface area contributed by atoms with Crippen molar-refractivity contribution < 1.29 is 4.79 Å². The topological polar surface area (TPSA) is 74.5 Å². The van der Waals surface area contributed by atoms with Gasteiger partial charge in [-0.1, -0.05) is 78.9 Å². The number of nitrogens with zero attached hydrogens (tertiary/aromatic N) is 3. The van der Waals surface area contributed by atoms with Crippen LogP contribution < -0.4 is 16.0 Å². The predicted molar refractivity (Wildman–Crippen MR) is 156 cm³/mol. The molecule has 3 aromatic carbocycles. The largest absolute Gasteiger partial charge is 0.377 e. The van der Waals surface area contributed by atoms with E-state index in [2.05, 4.69) is 72.8 Å². The van der Waals surface area contributed by atoms with Crippen molar-refractivity contribution in [2.75, 3.05) is 30.9 Å². The van der Waals surface area contributed by atoms with Crippen molar-refractivity contribution in [3.8, 4) is 0 Å². The van der Waals surface area contributed by atoms with Crippen LogP contribution in [0.4, 0.5) is 16.3 Å². The number of hydrogen-bond acceptors (Lipinski definition) is 4. The Kier molecular flexibility index (Phi) is 7.78. The molecule has 0 radical (unpaired) electrons. The number of carbonyl (C=O) groups excluding carboxylic acids is 1. The molecular weight excluding hydrogens is 470 g/mol. The number of hydrogen-bond donors (Lipinski definition) is 2. The minimum Gasteiger partial charge on any atom is -0.377 e. The van der Waals surface area contributed by atoms with Gasteiger partial charge in [0.15, 0.2) is 0 Å². The fourth-order valence-corrected chi connectivity index (χ4v) is 5.72. The summed E-state index contributed by atoms with van der Waals surface area (Å²) in [5.41, 5.74) is 10.3. The van der Waals surface area contributed by atoms with Crippen LogP contribution in [-0.2, 0) is 0 Å². The Hall–Kier alpha value is -4.06. The molecule has 0 spiro atoms. The number of anilines is 2. The number of pyridine rings is 1. The number of para-hydroxylation sites is 1. The van der Waals surface area contributed by atoms with Crippen LogP contribution in [-0.4, -0.2) is 42.6 Å². The second-order valence-corrected chi connectivity index (χ2v) is 10.5. The lowest BCUT2D eigenvalue weighted by Crippen LogP contribution is -2.43. The van der Waals surface area contributed by atoms with Crippen molar-refractivity contribution >= 4 is 28.4 Å². The molecule has 0 saturated heterocycles. The van der Waals surface area contributed by atoms with Crippen LogP contribution in [0.1, 0.15) is 42.9 Å². The summed E-state index contributed by atoms with van der Waals surface area (Å²) >= 11 is 0. The lowest BCUT2D eigenvalue weighted by molar-refractivity contribution is 0.168. The van der Waals surface area contributed by atoms with Crippen molar-refractivity contribution in [1.82, 2.24) is 9.88 Å². The van der Waals surface area contributed by atoms with E-state index < -0.39 is 0 Å². The zero-order valence-corrected chi connectivity index (χ0v) is 22.3. The van der Waals surface area contributed by atoms with Crippen LogP contribution in [0.15, 0.2) is 91.0 Å². The minimum atomic E-state index is -0.375. The number of fused-ring (bicyclic) bond motifs is 1. The number of amides is 2. The normalized spacial score (nSPS) is 17.3. The number of carbonyl (C=O) groups is 1. The molecule has 0 atom stereocenters. The van der Waals surface area contributed by atoms with Gasteiger partial charge in [-0.15, -0.1) is 0 Å². The third-order valence-electron chi connectivity index (χ3n) is 7.66. The summed E-state index contributed by atoms with van der Waals surface area (Å²) in [5.74, 6) is 1.32. The van der Waals surface area contributed by atoms with Gasteiger partial charge in [0.1, 0.15) is 5.82 Å². The molecule has 2 amide bonds. The van der Waals surface area contributed by atoms with E-state index in [-0.39, 0.29) is 12.1 Å². The maximum absolute atomic E-state index is 12.8. The van der Waals surface area contributed by atoms with Crippen molar-refractivity contribution in [2.24, 2.45) is 11.7 Å². The van der Waals surface area contributed by atoms with E-state index in [4.69, 9.17) is 10.7 Å². The lowest BCUT2D eigenvalue weighted by atomic mass is 9.85. The molecule has 1 fully saturated rings. The Morgan fingerprint density at radius 3 is 2.05 bits per heavy atom. The van der Waals surface area contributed by atoms with Gasteiger partial charge in [0, 0.05) is 43.8 Å². The molecule has 1 aliphatic carbocycles. The fourth-order valence-electron chi connectivity index (χ4n) is 5.72. The van der Waals surface area contributed by atoms with Crippen LogP contribution in [0.2, 0.25) is 0 Å². The number of nitrogens with one attached hydrogen (secondary N) is 1. The lowest BCUT2D eigenvalue weighted by Gasteiger charge is -2.37. The molecule has 6 nitrogen and oxygen atoms in total. The van der Waals surface area contributed by atoms with Gasteiger partial charge < -0.3 is 20.9 Å². The molecule has 1 aromatic heterocycles. The van der Waals surface area contributed by atoms with E-state index >= 15 is 0 Å². The summed E-state index contributed by atoms with van der Waals surface area (Å²) in [6, 6.07) is 30.6. The smallest absolute Gasteiger partial charge is 0.315 e. The van der Waals surface area contributed by atoms with Gasteiger partial charge in [0.05, 0.1) is 11.6 Å². The van der Waals surface area contributed by atoms with Gasteiger partial charge in [-0.2, -0.15) is 0 Å². The molecule has 1 saturated carbocycles. The summed E-state index contributed by atoms with van der Waals surface area (Å²) in [7, 11) is 4.14. The summed E-state index contributed by atoms with van der Waals surface area (Å²) < 4.78 is 0. The highest BCUT2D eigenvalue weighted by Gasteiger charge is 2.30. The second kappa shape index (κ2) is 11.5. The molecule has 38 heavy (non-hydrogen) atoms. The second-order valence-electron chi connectivity index (χ2n) is 10.5. The Labute approximate surface area is 225 Å². The number of aromatic nitrogens is 1. The Balaban J connectivity index is 1.28. The zero-order valence-electron chi connectivity index (χ0n) is 22.3. The van der Waals surface area contributed by atoms with Crippen molar-refractivity contribution in [1.29, 1.82) is 0 Å². The molecule has 196 valence electrons. The molecule has 0 bridgehead atoms. The van der Waals surface area contributed by atoms with E-state index in [1.165, 1.54) is 0 Å². The van der Waals surface area contributed by atoms with Gasteiger partial charge in [-0.05, 0) is 48.8 Å². The first kappa shape index (κ1) is 25.6. The van der Waals surface area contributed by atoms with Gasteiger partial charge in [0.25, 0.3) is 0 Å². The average Bonchev–Trinajstić information content (AvgIpc) is 2.94. The number of nitrogens with two attached hydrogens (primary N) is 1. The van der Waals surface area contributed by atoms with Gasteiger partial charge in [-0.25, -0.2) is 9.78 Å². The Bertz CT molecular complexity index is 1310. The van der Waals surface area contributed by atoms with E-state index in [1.807, 2.05) is 47.4 Å². The molecule has 0 aliphatic heterocycles. The van der Waals surface area contributed by atoms with Crippen LogP contribution in [0.25, 0.3) is 10.9 Å². The summed E-state index contributed by atoms with van der Waals surface area (Å²) in [5, 5.41) is 4.85. The third kappa shape index (κ3) is 5.75. The van der Waals surface area contributed by atoms with E-state index in [0.717, 1.165) is 59.2 Å². The SMILES string of the molecule is CN(C)c1cc(NC2CCC(CN(C(N)=O)C(c3ccccc3)c3ccccc3)CC2)nc2ccccc12. The number of primary amides is 1. The quantitative estimate of drug-likeness (QED) is 0.288. The van der Waals surface area contributed by atoms with Gasteiger partial charge in [-0.3, -0.25) is 0 Å². The molecule has 3 N–H and O–H groups in total. The van der Waals surface area contributed by atoms with Crippen molar-refractivity contribution in [3.05, 3.63) is 102 Å². The molecule has 1 heterocycles. The third-order valence-corrected chi connectivity index (χ3v) is 7.66. The summed E-state index contributed by atoms with van der Waals surface area (Å²) in [6.45, 7) is 0.648. The Morgan fingerprint density at radius 1 is 0.895 bits per heavy atom. The highest BCUT2D eigenvalue weighted by molar-refractivity contribution is 5.93. The van der Waals surface area contributed by atoms with Crippen LogP contribution in [0, 0.1) is 5.92 Å². The standard InChI is InChI=1S/C32H37N5O/c1-36(2)29-21-30(35-28-16-10-9-15-27(28)29)34-26-19-17-23(18-20-26)22-37(32(33)38)31(24-11-5-3-6-12-24)25-13-7-4-8-14-25/h3-16,21,23,26,31H,17-20,22H2,1-2H3,(H2,33,38)(H,34,35). The summed E-state index contributed by atoms with van der Waals surface area (Å²) in [4.78, 5) is 21.7. The van der Waals surface area contributed by atoms with Crippen LogP contribution in [0.5, 0.6) is 0 Å².